The molecule has 1 atom stereocenters. The first-order valence-corrected chi connectivity index (χ1v) is 9.65. The summed E-state index contributed by atoms with van der Waals surface area (Å²) in [6, 6.07) is 12.2. The molecule has 1 amide bonds. The number of halogens is 1. The number of hydrogen-bond donors (Lipinski definition) is 2. The van der Waals surface area contributed by atoms with Crippen molar-refractivity contribution < 1.29 is 22.7 Å². The van der Waals surface area contributed by atoms with Crippen molar-refractivity contribution in [3.63, 3.8) is 0 Å². The van der Waals surface area contributed by atoms with Crippen LogP contribution in [0.1, 0.15) is 12.5 Å². The molecule has 0 aromatic heterocycles. The molecule has 2 aromatic carbocycles. The molecule has 2 aromatic rings. The monoisotopic (exact) mass is 408 g/mol. The van der Waals surface area contributed by atoms with Gasteiger partial charge >= 0.3 is 5.97 Å². The summed E-state index contributed by atoms with van der Waals surface area (Å²) < 4.78 is 27.4. The average Bonchev–Trinajstić information content (AvgIpc) is 2.59. The van der Waals surface area contributed by atoms with Crippen molar-refractivity contribution in [2.75, 3.05) is 5.32 Å². The number of amides is 1. The summed E-state index contributed by atoms with van der Waals surface area (Å²) in [6.07, 6.45) is 1.65. The minimum absolute atomic E-state index is 0.0777. The lowest BCUT2D eigenvalue weighted by Crippen LogP contribution is -2.29. The molecule has 0 radical (unpaired) electrons. The number of ether oxygens (including phenoxy) is 1. The van der Waals surface area contributed by atoms with Gasteiger partial charge in [-0.3, -0.25) is 4.79 Å². The zero-order valence-corrected chi connectivity index (χ0v) is 15.8. The van der Waals surface area contributed by atoms with Gasteiger partial charge in [-0.05, 0) is 55.0 Å². The summed E-state index contributed by atoms with van der Waals surface area (Å²) >= 11 is 5.85. The first-order chi connectivity index (χ1) is 12.6. The first-order valence-electron chi connectivity index (χ1n) is 7.73. The van der Waals surface area contributed by atoms with Crippen LogP contribution in [0, 0.1) is 0 Å². The van der Waals surface area contributed by atoms with E-state index >= 15 is 0 Å². The Balaban J connectivity index is 1.92. The Morgan fingerprint density at radius 3 is 2.44 bits per heavy atom. The van der Waals surface area contributed by atoms with Gasteiger partial charge in [0.05, 0.1) is 4.90 Å². The number of nitrogens with one attached hydrogen (secondary N) is 1. The molecule has 0 saturated heterocycles. The van der Waals surface area contributed by atoms with Gasteiger partial charge in [0.1, 0.15) is 0 Å². The van der Waals surface area contributed by atoms with Crippen molar-refractivity contribution in [1.82, 2.24) is 0 Å². The van der Waals surface area contributed by atoms with Gasteiger partial charge in [0.15, 0.2) is 6.10 Å². The Kier molecular flexibility index (Phi) is 6.73. The molecule has 142 valence electrons. The van der Waals surface area contributed by atoms with E-state index < -0.39 is 28.0 Å². The molecule has 0 bridgehead atoms. The quantitative estimate of drug-likeness (QED) is 0.563. The van der Waals surface area contributed by atoms with E-state index in [0.29, 0.717) is 16.3 Å². The van der Waals surface area contributed by atoms with Crippen molar-refractivity contribution >= 4 is 45.3 Å². The second-order valence-electron chi connectivity index (χ2n) is 5.53. The van der Waals surface area contributed by atoms with E-state index in [1.54, 1.807) is 24.3 Å². The van der Waals surface area contributed by atoms with Gasteiger partial charge in [0, 0.05) is 16.8 Å². The molecule has 0 aliphatic rings. The minimum Gasteiger partial charge on any atom is -0.449 e. The normalized spacial score (nSPS) is 12.6. The third kappa shape index (κ3) is 6.52. The van der Waals surface area contributed by atoms with Crippen molar-refractivity contribution in [2.45, 2.75) is 17.9 Å². The molecule has 27 heavy (non-hydrogen) atoms. The Labute approximate surface area is 161 Å². The Hall–Kier alpha value is -2.68. The van der Waals surface area contributed by atoms with E-state index in [2.05, 4.69) is 5.32 Å². The molecule has 0 unspecified atom stereocenters. The summed E-state index contributed by atoms with van der Waals surface area (Å²) in [5, 5.41) is 8.05. The summed E-state index contributed by atoms with van der Waals surface area (Å²) in [5.41, 5.74) is 1.05. The zero-order valence-electron chi connectivity index (χ0n) is 14.3. The molecule has 2 rings (SSSR count). The lowest BCUT2D eigenvalue weighted by Gasteiger charge is -2.12. The molecule has 0 saturated carbocycles. The number of esters is 1. The lowest BCUT2D eigenvalue weighted by molar-refractivity contribution is -0.148. The highest BCUT2D eigenvalue weighted by Gasteiger charge is 2.17. The number of hydrogen-bond acceptors (Lipinski definition) is 5. The molecule has 7 nitrogen and oxygen atoms in total. The van der Waals surface area contributed by atoms with E-state index in [1.807, 2.05) is 0 Å². The van der Waals surface area contributed by atoms with E-state index in [9.17, 15) is 18.0 Å². The molecular formula is C18H17ClN2O5S. The summed E-state index contributed by atoms with van der Waals surface area (Å²) in [7, 11) is -3.81. The Bertz CT molecular complexity index is 972. The van der Waals surface area contributed by atoms with Crippen LogP contribution >= 0.6 is 11.6 Å². The maximum Gasteiger partial charge on any atom is 0.331 e. The van der Waals surface area contributed by atoms with Crippen LogP contribution in [0.5, 0.6) is 0 Å². The standard InChI is InChI=1S/C18H17ClN2O5S/c1-12(26-17(22)10-5-13-3-2-4-14(19)11-13)18(23)21-15-6-8-16(9-7-15)27(20,24)25/h2-12H,1H3,(H,21,23)(H2,20,24,25)/b10-5+/t12-/m1/s1. The highest BCUT2D eigenvalue weighted by molar-refractivity contribution is 7.89. The van der Waals surface area contributed by atoms with Gasteiger partial charge in [0.2, 0.25) is 10.0 Å². The molecule has 0 aliphatic heterocycles. The number of nitrogens with two attached hydrogens (primary N) is 1. The zero-order chi connectivity index (χ0) is 20.0. The van der Waals surface area contributed by atoms with E-state index in [0.717, 1.165) is 0 Å². The van der Waals surface area contributed by atoms with Gasteiger partial charge in [-0.15, -0.1) is 0 Å². The highest BCUT2D eigenvalue weighted by atomic mass is 35.5. The van der Waals surface area contributed by atoms with Crippen LogP contribution in [0.4, 0.5) is 5.69 Å². The predicted octanol–water partition coefficient (Wildman–Crippen LogP) is 2.57. The maximum absolute atomic E-state index is 12.1. The number of benzene rings is 2. The number of primary sulfonamides is 1. The summed E-state index contributed by atoms with van der Waals surface area (Å²) in [6.45, 7) is 1.42. The number of carbonyl (C=O) groups excluding carboxylic acids is 2. The average molecular weight is 409 g/mol. The molecule has 3 N–H and O–H groups in total. The Morgan fingerprint density at radius 2 is 1.85 bits per heavy atom. The van der Waals surface area contributed by atoms with Crippen LogP contribution in [0.2, 0.25) is 5.02 Å². The second-order valence-corrected chi connectivity index (χ2v) is 7.52. The summed E-state index contributed by atoms with van der Waals surface area (Å²) in [5.74, 6) is -1.26. The first kappa shape index (κ1) is 20.6. The third-order valence-electron chi connectivity index (χ3n) is 3.37. The predicted molar refractivity (Wildman–Crippen MR) is 102 cm³/mol. The topological polar surface area (TPSA) is 116 Å². The smallest absolute Gasteiger partial charge is 0.331 e. The highest BCUT2D eigenvalue weighted by Crippen LogP contribution is 2.14. The van der Waals surface area contributed by atoms with Gasteiger partial charge in [0.25, 0.3) is 5.91 Å². The van der Waals surface area contributed by atoms with Crippen LogP contribution in [-0.4, -0.2) is 26.4 Å². The van der Waals surface area contributed by atoms with Crippen LogP contribution in [0.3, 0.4) is 0 Å². The fraction of sp³-hybridized carbons (Fsp3) is 0.111. The van der Waals surface area contributed by atoms with Gasteiger partial charge in [-0.2, -0.15) is 0 Å². The number of rotatable bonds is 6. The molecule has 0 spiro atoms. The van der Waals surface area contributed by atoms with Crippen molar-refractivity contribution in [3.8, 4) is 0 Å². The number of carbonyl (C=O) groups is 2. The SMILES string of the molecule is C[C@@H](OC(=O)/C=C/c1cccc(Cl)c1)C(=O)Nc1ccc(S(N)(=O)=O)cc1. The maximum atomic E-state index is 12.1. The van der Waals surface area contributed by atoms with Crippen molar-refractivity contribution in [2.24, 2.45) is 5.14 Å². The fourth-order valence-corrected chi connectivity index (χ4v) is 2.73. The second kappa shape index (κ2) is 8.81. The summed E-state index contributed by atoms with van der Waals surface area (Å²) in [4.78, 5) is 23.8. The molecular weight excluding hydrogens is 392 g/mol. The number of anilines is 1. The largest absolute Gasteiger partial charge is 0.449 e. The van der Waals surface area contributed by atoms with Gasteiger partial charge in [-0.1, -0.05) is 23.7 Å². The van der Waals surface area contributed by atoms with E-state index in [4.69, 9.17) is 21.5 Å². The molecule has 0 heterocycles. The van der Waals surface area contributed by atoms with Crippen LogP contribution in [-0.2, 0) is 24.3 Å². The fourth-order valence-electron chi connectivity index (χ4n) is 2.01. The minimum atomic E-state index is -3.81. The molecule has 0 fully saturated rings. The van der Waals surface area contributed by atoms with E-state index in [1.165, 1.54) is 43.3 Å². The van der Waals surface area contributed by atoms with Crippen LogP contribution < -0.4 is 10.5 Å². The van der Waals surface area contributed by atoms with Crippen LogP contribution in [0.25, 0.3) is 6.08 Å². The number of sulfonamides is 1. The molecule has 9 heteroatoms. The van der Waals surface area contributed by atoms with Crippen molar-refractivity contribution in [3.05, 3.63) is 65.2 Å². The van der Waals surface area contributed by atoms with Gasteiger partial charge in [-0.25, -0.2) is 18.4 Å². The Morgan fingerprint density at radius 1 is 1.19 bits per heavy atom. The van der Waals surface area contributed by atoms with E-state index in [-0.39, 0.29) is 4.90 Å². The molecule has 0 aliphatic carbocycles. The van der Waals surface area contributed by atoms with Crippen molar-refractivity contribution in [1.29, 1.82) is 0 Å². The lowest BCUT2D eigenvalue weighted by atomic mass is 10.2. The third-order valence-corrected chi connectivity index (χ3v) is 4.54. The van der Waals surface area contributed by atoms with Crippen LogP contribution in [0.15, 0.2) is 59.5 Å². The van der Waals surface area contributed by atoms with Gasteiger partial charge < -0.3 is 10.1 Å².